The van der Waals surface area contributed by atoms with E-state index >= 15 is 0 Å². The lowest BCUT2D eigenvalue weighted by Crippen LogP contribution is -2.38. The van der Waals surface area contributed by atoms with E-state index in [0.717, 1.165) is 0 Å². The zero-order valence-electron chi connectivity index (χ0n) is 11.1. The standard InChI is InChI=1S/C13H18F3NO2/c1-12(2,3)11(8-17)18-9-6-4-5-7-10(9)19-13(14,15)16/h4-7,11H,8,17H2,1-3H3. The van der Waals surface area contributed by atoms with Gasteiger partial charge >= 0.3 is 6.36 Å². The number of alkyl halides is 3. The van der Waals surface area contributed by atoms with Crippen molar-refractivity contribution < 1.29 is 22.6 Å². The summed E-state index contributed by atoms with van der Waals surface area (Å²) in [6.07, 6.45) is -5.16. The summed E-state index contributed by atoms with van der Waals surface area (Å²) in [5.41, 5.74) is 5.30. The molecule has 1 aromatic rings. The van der Waals surface area contributed by atoms with Crippen molar-refractivity contribution in [3.8, 4) is 11.5 Å². The molecule has 1 atom stereocenters. The number of halogens is 3. The second-order valence-electron chi connectivity index (χ2n) is 5.20. The second kappa shape index (κ2) is 5.69. The molecule has 2 N–H and O–H groups in total. The summed E-state index contributed by atoms with van der Waals surface area (Å²) in [5, 5.41) is 0. The van der Waals surface area contributed by atoms with Crippen LogP contribution in [0.2, 0.25) is 0 Å². The fourth-order valence-electron chi connectivity index (χ4n) is 1.49. The van der Waals surface area contributed by atoms with Gasteiger partial charge in [0.15, 0.2) is 11.5 Å². The first-order valence-electron chi connectivity index (χ1n) is 5.85. The molecule has 1 unspecified atom stereocenters. The van der Waals surface area contributed by atoms with Crippen LogP contribution in [0.1, 0.15) is 20.8 Å². The van der Waals surface area contributed by atoms with Gasteiger partial charge in [-0.25, -0.2) is 0 Å². The van der Waals surface area contributed by atoms with Gasteiger partial charge in [0.1, 0.15) is 6.10 Å². The lowest BCUT2D eigenvalue weighted by molar-refractivity contribution is -0.275. The molecule has 0 aliphatic rings. The van der Waals surface area contributed by atoms with E-state index in [1.165, 1.54) is 18.2 Å². The summed E-state index contributed by atoms with van der Waals surface area (Å²) in [6, 6.07) is 5.66. The molecule has 3 nitrogen and oxygen atoms in total. The van der Waals surface area contributed by atoms with Crippen molar-refractivity contribution >= 4 is 0 Å². The molecular weight excluding hydrogens is 259 g/mol. The molecule has 1 aromatic carbocycles. The van der Waals surface area contributed by atoms with Crippen molar-refractivity contribution in [1.82, 2.24) is 0 Å². The van der Waals surface area contributed by atoms with Crippen LogP contribution in [0.3, 0.4) is 0 Å². The zero-order valence-corrected chi connectivity index (χ0v) is 11.1. The monoisotopic (exact) mass is 277 g/mol. The van der Waals surface area contributed by atoms with E-state index in [1.54, 1.807) is 6.07 Å². The average Bonchev–Trinajstić information content (AvgIpc) is 2.24. The van der Waals surface area contributed by atoms with E-state index in [-0.39, 0.29) is 23.5 Å². The van der Waals surface area contributed by atoms with Crippen molar-refractivity contribution in [1.29, 1.82) is 0 Å². The fourth-order valence-corrected chi connectivity index (χ4v) is 1.49. The molecule has 0 aliphatic heterocycles. The number of rotatable bonds is 4. The highest BCUT2D eigenvalue weighted by atomic mass is 19.4. The smallest absolute Gasteiger partial charge is 0.485 e. The van der Waals surface area contributed by atoms with Gasteiger partial charge in [-0.15, -0.1) is 13.2 Å². The van der Waals surface area contributed by atoms with E-state index in [0.29, 0.717) is 0 Å². The minimum Gasteiger partial charge on any atom is -0.485 e. The van der Waals surface area contributed by atoms with E-state index < -0.39 is 12.5 Å². The summed E-state index contributed by atoms with van der Waals surface area (Å²) in [7, 11) is 0. The maximum absolute atomic E-state index is 12.3. The van der Waals surface area contributed by atoms with Gasteiger partial charge in [-0.2, -0.15) is 0 Å². The third kappa shape index (κ3) is 4.98. The minimum absolute atomic E-state index is 0.0326. The Morgan fingerprint density at radius 3 is 2.05 bits per heavy atom. The van der Waals surface area contributed by atoms with Crippen LogP contribution in [0.5, 0.6) is 11.5 Å². The Morgan fingerprint density at radius 1 is 1.11 bits per heavy atom. The molecule has 0 saturated heterocycles. The molecule has 1 rings (SSSR count). The van der Waals surface area contributed by atoms with Crippen molar-refractivity contribution in [2.24, 2.45) is 11.1 Å². The van der Waals surface area contributed by atoms with E-state index in [4.69, 9.17) is 10.5 Å². The zero-order chi connectivity index (χ0) is 14.7. The molecule has 0 radical (unpaired) electrons. The van der Waals surface area contributed by atoms with Crippen molar-refractivity contribution in [3.63, 3.8) is 0 Å². The molecule has 0 fully saturated rings. The van der Waals surface area contributed by atoms with Crippen LogP contribution in [-0.2, 0) is 0 Å². The number of nitrogens with two attached hydrogens (primary N) is 1. The molecular formula is C13H18F3NO2. The summed E-state index contributed by atoms with van der Waals surface area (Å²) in [6.45, 7) is 5.90. The summed E-state index contributed by atoms with van der Waals surface area (Å²) in [5.74, 6) is -0.331. The predicted octanol–water partition coefficient (Wildman–Crippen LogP) is 3.34. The first-order valence-corrected chi connectivity index (χ1v) is 5.85. The normalized spacial score (nSPS) is 14.1. The Kier molecular flexibility index (Phi) is 4.68. The van der Waals surface area contributed by atoms with Gasteiger partial charge in [-0.3, -0.25) is 0 Å². The maximum atomic E-state index is 12.3. The van der Waals surface area contributed by atoms with Gasteiger partial charge in [-0.05, 0) is 12.1 Å². The van der Waals surface area contributed by atoms with Gasteiger partial charge < -0.3 is 15.2 Å². The molecule has 0 saturated carbocycles. The van der Waals surface area contributed by atoms with E-state index in [2.05, 4.69) is 4.74 Å². The predicted molar refractivity (Wildman–Crippen MR) is 66.1 cm³/mol. The molecule has 108 valence electrons. The third-order valence-electron chi connectivity index (χ3n) is 2.52. The minimum atomic E-state index is -4.75. The average molecular weight is 277 g/mol. The van der Waals surface area contributed by atoms with Gasteiger partial charge in [0.25, 0.3) is 0 Å². The quantitative estimate of drug-likeness (QED) is 0.918. The van der Waals surface area contributed by atoms with Crippen LogP contribution in [0, 0.1) is 5.41 Å². The van der Waals surface area contributed by atoms with Crippen molar-refractivity contribution in [3.05, 3.63) is 24.3 Å². The van der Waals surface area contributed by atoms with Crippen LogP contribution in [0.25, 0.3) is 0 Å². The molecule has 0 spiro atoms. The van der Waals surface area contributed by atoms with Gasteiger partial charge in [0.2, 0.25) is 0 Å². The Morgan fingerprint density at radius 2 is 1.63 bits per heavy atom. The van der Waals surface area contributed by atoms with Gasteiger partial charge in [-0.1, -0.05) is 32.9 Å². The highest BCUT2D eigenvalue weighted by Gasteiger charge is 2.33. The third-order valence-corrected chi connectivity index (χ3v) is 2.52. The van der Waals surface area contributed by atoms with Crippen molar-refractivity contribution in [2.45, 2.75) is 33.2 Å². The van der Waals surface area contributed by atoms with Gasteiger partial charge in [0.05, 0.1) is 0 Å². The van der Waals surface area contributed by atoms with Crippen molar-refractivity contribution in [2.75, 3.05) is 6.54 Å². The summed E-state index contributed by atoms with van der Waals surface area (Å²) < 4.78 is 46.3. The Hall–Kier alpha value is -1.43. The Bertz CT molecular complexity index is 413. The molecule has 0 amide bonds. The Balaban J connectivity index is 2.95. The van der Waals surface area contributed by atoms with Crippen LogP contribution in [-0.4, -0.2) is 19.0 Å². The molecule has 0 aliphatic carbocycles. The SMILES string of the molecule is CC(C)(C)C(CN)Oc1ccccc1OC(F)(F)F. The highest BCUT2D eigenvalue weighted by Crippen LogP contribution is 2.34. The number of benzene rings is 1. The maximum Gasteiger partial charge on any atom is 0.573 e. The lowest BCUT2D eigenvalue weighted by atomic mass is 9.89. The van der Waals surface area contributed by atoms with Gasteiger partial charge in [0, 0.05) is 12.0 Å². The molecule has 19 heavy (non-hydrogen) atoms. The molecule has 6 heteroatoms. The molecule has 0 bridgehead atoms. The largest absolute Gasteiger partial charge is 0.573 e. The second-order valence-corrected chi connectivity index (χ2v) is 5.20. The van der Waals surface area contributed by atoms with Crippen LogP contribution < -0.4 is 15.2 Å². The van der Waals surface area contributed by atoms with Crippen LogP contribution in [0.15, 0.2) is 24.3 Å². The van der Waals surface area contributed by atoms with Crippen LogP contribution in [0.4, 0.5) is 13.2 Å². The topological polar surface area (TPSA) is 44.5 Å². The first kappa shape index (κ1) is 15.6. The Labute approximate surface area is 110 Å². The van der Waals surface area contributed by atoms with Crippen LogP contribution >= 0.6 is 0 Å². The fraction of sp³-hybridized carbons (Fsp3) is 0.538. The van der Waals surface area contributed by atoms with E-state index in [1.807, 2.05) is 20.8 Å². The number of ether oxygens (including phenoxy) is 2. The number of hydrogen-bond donors (Lipinski definition) is 1. The summed E-state index contributed by atoms with van der Waals surface area (Å²) >= 11 is 0. The summed E-state index contributed by atoms with van der Waals surface area (Å²) in [4.78, 5) is 0. The van der Waals surface area contributed by atoms with E-state index in [9.17, 15) is 13.2 Å². The highest BCUT2D eigenvalue weighted by molar-refractivity contribution is 5.39. The number of para-hydroxylation sites is 2. The molecule has 0 aromatic heterocycles. The molecule has 0 heterocycles. The lowest BCUT2D eigenvalue weighted by Gasteiger charge is -2.30. The first-order chi connectivity index (χ1) is 8.63. The number of hydrogen-bond acceptors (Lipinski definition) is 3.